The molecule has 0 bridgehead atoms. The number of aromatic nitrogens is 2. The lowest BCUT2D eigenvalue weighted by atomic mass is 9.98. The maximum Gasteiger partial charge on any atom is 0.254 e. The van der Waals surface area contributed by atoms with Gasteiger partial charge in [0, 0.05) is 18.7 Å². The first-order valence-corrected chi connectivity index (χ1v) is 9.28. The van der Waals surface area contributed by atoms with E-state index >= 15 is 0 Å². The fraction of sp³-hybridized carbons (Fsp3) is 0.318. The molecule has 1 aliphatic heterocycles. The van der Waals surface area contributed by atoms with Crippen molar-refractivity contribution in [3.05, 3.63) is 58.4 Å². The number of fused-ring (bicyclic) bond motifs is 2. The van der Waals surface area contributed by atoms with E-state index < -0.39 is 0 Å². The Morgan fingerprint density at radius 3 is 2.25 bits per heavy atom. The van der Waals surface area contributed by atoms with Crippen LogP contribution in [-0.4, -0.2) is 41.5 Å². The van der Waals surface area contributed by atoms with Crippen molar-refractivity contribution in [2.24, 2.45) is 0 Å². The largest absolute Gasteiger partial charge is 0.493 e. The molecule has 4 rings (SSSR count). The number of hydrogen-bond acceptors (Lipinski definition) is 5. The van der Waals surface area contributed by atoms with Gasteiger partial charge in [-0.1, -0.05) is 0 Å². The van der Waals surface area contributed by atoms with Crippen LogP contribution in [0.15, 0.2) is 30.3 Å². The van der Waals surface area contributed by atoms with Crippen molar-refractivity contribution in [1.29, 1.82) is 0 Å². The lowest BCUT2D eigenvalue weighted by molar-refractivity contribution is 0.0734. The van der Waals surface area contributed by atoms with Crippen molar-refractivity contribution in [1.82, 2.24) is 14.9 Å². The standard InChI is InChI=1S/C22H23N3O3/c1-13-14(2)24-19-9-16(5-6-18(19)23-13)22(26)25-8-7-15-10-20(27-3)21(28-4)11-17(15)12-25/h5-6,9-11H,7-8,12H2,1-4H3. The van der Waals surface area contributed by atoms with Gasteiger partial charge in [-0.25, -0.2) is 9.97 Å². The van der Waals surface area contributed by atoms with Crippen molar-refractivity contribution >= 4 is 16.9 Å². The third-order valence-corrected chi connectivity index (χ3v) is 5.33. The molecule has 2 heterocycles. The predicted octanol–water partition coefficient (Wildman–Crippen LogP) is 3.46. The number of carbonyl (C=O) groups excluding carboxylic acids is 1. The predicted molar refractivity (Wildman–Crippen MR) is 107 cm³/mol. The molecule has 0 radical (unpaired) electrons. The van der Waals surface area contributed by atoms with E-state index in [2.05, 4.69) is 9.97 Å². The molecule has 144 valence electrons. The Kier molecular flexibility index (Phi) is 4.63. The third-order valence-electron chi connectivity index (χ3n) is 5.33. The SMILES string of the molecule is COc1cc2c(cc1OC)CN(C(=O)c1ccc3nc(C)c(C)nc3c1)CC2. The molecule has 3 aromatic rings. The van der Waals surface area contributed by atoms with Gasteiger partial charge in [0.15, 0.2) is 11.5 Å². The normalized spacial score (nSPS) is 13.4. The molecule has 0 aliphatic carbocycles. The van der Waals surface area contributed by atoms with E-state index in [-0.39, 0.29) is 5.91 Å². The molecule has 0 unspecified atom stereocenters. The van der Waals surface area contributed by atoms with E-state index in [0.717, 1.165) is 40.2 Å². The summed E-state index contributed by atoms with van der Waals surface area (Å²) in [4.78, 5) is 24.1. The Morgan fingerprint density at radius 1 is 0.929 bits per heavy atom. The molecule has 0 fully saturated rings. The number of methoxy groups -OCH3 is 2. The van der Waals surface area contributed by atoms with Crippen LogP contribution in [0.5, 0.6) is 11.5 Å². The lowest BCUT2D eigenvalue weighted by Crippen LogP contribution is -2.36. The third kappa shape index (κ3) is 3.15. The highest BCUT2D eigenvalue weighted by molar-refractivity contribution is 5.97. The molecule has 6 heteroatoms. The number of amides is 1. The second kappa shape index (κ2) is 7.11. The molecule has 0 atom stereocenters. The summed E-state index contributed by atoms with van der Waals surface area (Å²) in [6.07, 6.45) is 0.785. The second-order valence-electron chi connectivity index (χ2n) is 7.05. The molecular weight excluding hydrogens is 354 g/mol. The summed E-state index contributed by atoms with van der Waals surface area (Å²) in [5, 5.41) is 0. The van der Waals surface area contributed by atoms with Gasteiger partial charge in [0.25, 0.3) is 5.91 Å². The summed E-state index contributed by atoms with van der Waals surface area (Å²) in [5.74, 6) is 1.41. The Bertz CT molecular complexity index is 1080. The first-order chi connectivity index (χ1) is 13.5. The molecule has 1 aromatic heterocycles. The van der Waals surface area contributed by atoms with Gasteiger partial charge in [-0.2, -0.15) is 0 Å². The number of aryl methyl sites for hydroxylation is 2. The molecule has 0 saturated carbocycles. The maximum atomic E-state index is 13.1. The van der Waals surface area contributed by atoms with E-state index in [1.165, 1.54) is 5.56 Å². The van der Waals surface area contributed by atoms with Crippen LogP contribution in [0.2, 0.25) is 0 Å². The molecule has 1 amide bonds. The summed E-state index contributed by atoms with van der Waals surface area (Å²) in [6.45, 7) is 5.08. The van der Waals surface area contributed by atoms with E-state index in [1.54, 1.807) is 14.2 Å². The van der Waals surface area contributed by atoms with Gasteiger partial charge in [0.05, 0.1) is 36.6 Å². The van der Waals surface area contributed by atoms with Gasteiger partial charge in [0.1, 0.15) is 0 Å². The highest BCUT2D eigenvalue weighted by Crippen LogP contribution is 2.33. The van der Waals surface area contributed by atoms with Gasteiger partial charge < -0.3 is 14.4 Å². The van der Waals surface area contributed by atoms with Crippen LogP contribution in [-0.2, 0) is 13.0 Å². The zero-order valence-corrected chi connectivity index (χ0v) is 16.6. The summed E-state index contributed by atoms with van der Waals surface area (Å²) in [6, 6.07) is 9.51. The highest BCUT2D eigenvalue weighted by Gasteiger charge is 2.24. The average Bonchev–Trinajstić information content (AvgIpc) is 2.72. The van der Waals surface area contributed by atoms with E-state index in [0.29, 0.717) is 24.4 Å². The second-order valence-corrected chi connectivity index (χ2v) is 7.05. The summed E-state index contributed by atoms with van der Waals surface area (Å²) >= 11 is 0. The molecule has 2 aromatic carbocycles. The Morgan fingerprint density at radius 2 is 1.57 bits per heavy atom. The molecular formula is C22H23N3O3. The van der Waals surface area contributed by atoms with Crippen molar-refractivity contribution in [2.75, 3.05) is 20.8 Å². The first kappa shape index (κ1) is 18.2. The summed E-state index contributed by atoms with van der Waals surface area (Å²) < 4.78 is 10.8. The quantitative estimate of drug-likeness (QED) is 0.699. The minimum atomic E-state index is 0.00219. The van der Waals surface area contributed by atoms with E-state index in [1.807, 2.05) is 49.1 Å². The van der Waals surface area contributed by atoms with Crippen LogP contribution in [0.3, 0.4) is 0 Å². The minimum absolute atomic E-state index is 0.00219. The molecule has 1 aliphatic rings. The number of benzene rings is 2. The summed E-state index contributed by atoms with van der Waals surface area (Å²) in [5.41, 5.74) is 6.25. The number of carbonyl (C=O) groups is 1. The van der Waals surface area contributed by atoms with E-state index in [4.69, 9.17) is 9.47 Å². The van der Waals surface area contributed by atoms with Crippen molar-refractivity contribution in [3.8, 4) is 11.5 Å². The highest BCUT2D eigenvalue weighted by atomic mass is 16.5. The van der Waals surface area contributed by atoms with Crippen LogP contribution < -0.4 is 9.47 Å². The van der Waals surface area contributed by atoms with Crippen molar-refractivity contribution < 1.29 is 14.3 Å². The molecule has 0 saturated heterocycles. The van der Waals surface area contributed by atoms with Crippen LogP contribution in [0.4, 0.5) is 0 Å². The van der Waals surface area contributed by atoms with Gasteiger partial charge in [-0.3, -0.25) is 4.79 Å². The Hall–Kier alpha value is -3.15. The Balaban J connectivity index is 1.63. The van der Waals surface area contributed by atoms with Gasteiger partial charge >= 0.3 is 0 Å². The molecule has 0 spiro atoms. The fourth-order valence-corrected chi connectivity index (χ4v) is 3.60. The number of hydrogen-bond donors (Lipinski definition) is 0. The average molecular weight is 377 g/mol. The van der Waals surface area contributed by atoms with Gasteiger partial charge in [-0.05, 0) is 61.7 Å². The van der Waals surface area contributed by atoms with Gasteiger partial charge in [0.2, 0.25) is 0 Å². The smallest absolute Gasteiger partial charge is 0.254 e. The Labute approximate surface area is 164 Å². The van der Waals surface area contributed by atoms with Crippen LogP contribution in [0.1, 0.15) is 32.9 Å². The number of nitrogens with zero attached hydrogens (tertiary/aromatic N) is 3. The first-order valence-electron chi connectivity index (χ1n) is 9.28. The molecule has 0 N–H and O–H groups in total. The monoisotopic (exact) mass is 377 g/mol. The van der Waals surface area contributed by atoms with E-state index in [9.17, 15) is 4.79 Å². The zero-order valence-electron chi connectivity index (χ0n) is 16.6. The van der Waals surface area contributed by atoms with Crippen LogP contribution in [0.25, 0.3) is 11.0 Å². The maximum absolute atomic E-state index is 13.1. The van der Waals surface area contributed by atoms with Gasteiger partial charge in [-0.15, -0.1) is 0 Å². The lowest BCUT2D eigenvalue weighted by Gasteiger charge is -2.29. The number of ether oxygens (including phenoxy) is 2. The summed E-state index contributed by atoms with van der Waals surface area (Å²) in [7, 11) is 3.25. The fourth-order valence-electron chi connectivity index (χ4n) is 3.60. The topological polar surface area (TPSA) is 64.6 Å². The molecule has 28 heavy (non-hydrogen) atoms. The van der Waals surface area contributed by atoms with Crippen molar-refractivity contribution in [2.45, 2.75) is 26.8 Å². The number of rotatable bonds is 3. The molecule has 6 nitrogen and oxygen atoms in total. The zero-order chi connectivity index (χ0) is 19.8. The minimum Gasteiger partial charge on any atom is -0.493 e. The van der Waals surface area contributed by atoms with Crippen LogP contribution >= 0.6 is 0 Å². The van der Waals surface area contributed by atoms with Crippen molar-refractivity contribution in [3.63, 3.8) is 0 Å². The van der Waals surface area contributed by atoms with Crippen LogP contribution in [0, 0.1) is 13.8 Å².